The molecule has 2 aliphatic rings. The van der Waals surface area contributed by atoms with Crippen LogP contribution in [0.1, 0.15) is 37.8 Å². The Hall–Kier alpha value is -1.66. The van der Waals surface area contributed by atoms with E-state index in [9.17, 15) is 4.79 Å². The Balaban J connectivity index is 1.74. The topological polar surface area (TPSA) is 63.7 Å². The van der Waals surface area contributed by atoms with Crippen LogP contribution in [0.25, 0.3) is 0 Å². The van der Waals surface area contributed by atoms with Gasteiger partial charge in [-0.3, -0.25) is 9.78 Å². The molecule has 3 rings (SSSR count). The van der Waals surface area contributed by atoms with Crippen LogP contribution in [-0.4, -0.2) is 60.8 Å². The fourth-order valence-electron chi connectivity index (χ4n) is 3.67. The standard InChI is InChI=1S/C19H29N3O3/c1-15-17(7-5-10-21-15)25-19(8-11-20-12-9-19)18(23)22(2)14-16-6-3-4-13-24-16/h5,7,10,16,20H,3-4,6,8-9,11-14H2,1-2H3. The fraction of sp³-hybridized carbons (Fsp3) is 0.684. The lowest BCUT2D eigenvalue weighted by atomic mass is 9.90. The van der Waals surface area contributed by atoms with E-state index in [1.54, 1.807) is 11.1 Å². The number of nitrogens with zero attached hydrogens (tertiary/aromatic N) is 2. The lowest BCUT2D eigenvalue weighted by molar-refractivity contribution is -0.151. The van der Waals surface area contributed by atoms with Gasteiger partial charge in [-0.25, -0.2) is 0 Å². The zero-order chi connectivity index (χ0) is 17.7. The number of carbonyl (C=O) groups excluding carboxylic acids is 1. The van der Waals surface area contributed by atoms with Crippen LogP contribution in [0.3, 0.4) is 0 Å². The van der Waals surface area contributed by atoms with Gasteiger partial charge in [0.1, 0.15) is 5.75 Å². The van der Waals surface area contributed by atoms with E-state index in [0.29, 0.717) is 25.1 Å². The minimum absolute atomic E-state index is 0.0476. The van der Waals surface area contributed by atoms with Crippen molar-refractivity contribution in [3.05, 3.63) is 24.0 Å². The maximum absolute atomic E-state index is 13.3. The van der Waals surface area contributed by atoms with E-state index in [1.807, 2.05) is 26.1 Å². The highest BCUT2D eigenvalue weighted by atomic mass is 16.5. The Morgan fingerprint density at radius 2 is 2.24 bits per heavy atom. The van der Waals surface area contributed by atoms with E-state index in [4.69, 9.17) is 9.47 Å². The summed E-state index contributed by atoms with van der Waals surface area (Å²) in [5.74, 6) is 0.742. The first-order chi connectivity index (χ1) is 12.1. The number of aromatic nitrogens is 1. The molecule has 1 aromatic heterocycles. The van der Waals surface area contributed by atoms with Crippen molar-refractivity contribution in [3.8, 4) is 5.75 Å². The molecule has 6 nitrogen and oxygen atoms in total. The number of hydrogen-bond acceptors (Lipinski definition) is 5. The van der Waals surface area contributed by atoms with Crippen molar-refractivity contribution < 1.29 is 14.3 Å². The summed E-state index contributed by atoms with van der Waals surface area (Å²) in [5, 5.41) is 3.32. The fourth-order valence-corrected chi connectivity index (χ4v) is 3.67. The predicted molar refractivity (Wildman–Crippen MR) is 95.7 cm³/mol. The SMILES string of the molecule is Cc1ncccc1OC1(C(=O)N(C)CC2CCCCO2)CCNCC1. The Morgan fingerprint density at radius 1 is 1.44 bits per heavy atom. The Bertz CT molecular complexity index is 581. The van der Waals surface area contributed by atoms with Gasteiger partial charge in [-0.15, -0.1) is 0 Å². The number of piperidine rings is 1. The average Bonchev–Trinajstić information content (AvgIpc) is 2.64. The van der Waals surface area contributed by atoms with Crippen LogP contribution in [0.5, 0.6) is 5.75 Å². The first-order valence-electron chi connectivity index (χ1n) is 9.29. The van der Waals surface area contributed by atoms with Gasteiger partial charge < -0.3 is 19.7 Å². The summed E-state index contributed by atoms with van der Waals surface area (Å²) in [7, 11) is 1.86. The number of likely N-dealkylation sites (N-methyl/N-ethyl adjacent to an activating group) is 1. The second-order valence-corrected chi connectivity index (χ2v) is 7.11. The molecule has 1 N–H and O–H groups in total. The third-order valence-corrected chi connectivity index (χ3v) is 5.16. The third kappa shape index (κ3) is 4.30. The molecule has 138 valence electrons. The summed E-state index contributed by atoms with van der Waals surface area (Å²) in [6.45, 7) is 4.89. The van der Waals surface area contributed by atoms with Gasteiger partial charge in [0, 0.05) is 39.2 Å². The van der Waals surface area contributed by atoms with Crippen molar-refractivity contribution in [2.24, 2.45) is 0 Å². The normalized spacial score (nSPS) is 23.0. The Morgan fingerprint density at radius 3 is 2.92 bits per heavy atom. The molecular weight excluding hydrogens is 318 g/mol. The second-order valence-electron chi connectivity index (χ2n) is 7.11. The number of hydrogen-bond donors (Lipinski definition) is 1. The predicted octanol–water partition coefficient (Wildman–Crippen LogP) is 1.92. The van der Waals surface area contributed by atoms with Crippen LogP contribution >= 0.6 is 0 Å². The van der Waals surface area contributed by atoms with Crippen LogP contribution in [0, 0.1) is 6.92 Å². The molecule has 1 aromatic rings. The molecule has 0 saturated carbocycles. The largest absolute Gasteiger partial charge is 0.475 e. The Kier molecular flexibility index (Phi) is 5.91. The number of amides is 1. The van der Waals surface area contributed by atoms with E-state index in [2.05, 4.69) is 10.3 Å². The molecule has 1 amide bonds. The molecule has 0 aliphatic carbocycles. The van der Waals surface area contributed by atoms with Crippen molar-refractivity contribution in [2.45, 2.75) is 50.7 Å². The van der Waals surface area contributed by atoms with Crippen molar-refractivity contribution in [3.63, 3.8) is 0 Å². The van der Waals surface area contributed by atoms with E-state index in [1.165, 1.54) is 6.42 Å². The van der Waals surface area contributed by atoms with Gasteiger partial charge in [0.15, 0.2) is 5.60 Å². The molecule has 1 unspecified atom stereocenters. The number of aryl methyl sites for hydroxylation is 1. The molecule has 0 spiro atoms. The highest BCUT2D eigenvalue weighted by molar-refractivity contribution is 5.85. The van der Waals surface area contributed by atoms with Gasteiger partial charge in [-0.05, 0) is 51.4 Å². The van der Waals surface area contributed by atoms with Gasteiger partial charge in [0.25, 0.3) is 5.91 Å². The first-order valence-corrected chi connectivity index (χ1v) is 9.29. The van der Waals surface area contributed by atoms with Crippen molar-refractivity contribution in [1.82, 2.24) is 15.2 Å². The quantitative estimate of drug-likeness (QED) is 0.882. The summed E-state index contributed by atoms with van der Waals surface area (Å²) in [5.41, 5.74) is -0.00545. The number of pyridine rings is 1. The highest BCUT2D eigenvalue weighted by Gasteiger charge is 2.44. The third-order valence-electron chi connectivity index (χ3n) is 5.16. The zero-order valence-electron chi connectivity index (χ0n) is 15.3. The molecule has 6 heteroatoms. The summed E-state index contributed by atoms with van der Waals surface area (Å²) in [6.07, 6.45) is 6.52. The summed E-state index contributed by atoms with van der Waals surface area (Å²) >= 11 is 0. The van der Waals surface area contributed by atoms with Crippen LogP contribution in [-0.2, 0) is 9.53 Å². The van der Waals surface area contributed by atoms with Gasteiger partial charge in [-0.2, -0.15) is 0 Å². The van der Waals surface area contributed by atoms with Crippen molar-refractivity contribution in [1.29, 1.82) is 0 Å². The van der Waals surface area contributed by atoms with E-state index in [-0.39, 0.29) is 12.0 Å². The molecular formula is C19H29N3O3. The highest BCUT2D eigenvalue weighted by Crippen LogP contribution is 2.30. The lowest BCUT2D eigenvalue weighted by Gasteiger charge is -2.40. The van der Waals surface area contributed by atoms with Gasteiger partial charge in [0.2, 0.25) is 0 Å². The zero-order valence-corrected chi connectivity index (χ0v) is 15.3. The smallest absolute Gasteiger partial charge is 0.266 e. The first kappa shape index (κ1) is 18.1. The number of rotatable bonds is 5. The summed E-state index contributed by atoms with van der Waals surface area (Å²) in [4.78, 5) is 19.4. The maximum Gasteiger partial charge on any atom is 0.266 e. The summed E-state index contributed by atoms with van der Waals surface area (Å²) < 4.78 is 12.1. The minimum Gasteiger partial charge on any atom is -0.475 e. The lowest BCUT2D eigenvalue weighted by Crippen LogP contribution is -2.58. The van der Waals surface area contributed by atoms with Crippen LogP contribution in [0.15, 0.2) is 18.3 Å². The number of nitrogens with one attached hydrogen (secondary N) is 1. The average molecular weight is 347 g/mol. The molecule has 3 heterocycles. The summed E-state index contributed by atoms with van der Waals surface area (Å²) in [6, 6.07) is 3.74. The molecule has 0 aromatic carbocycles. The minimum atomic E-state index is -0.817. The molecule has 2 fully saturated rings. The van der Waals surface area contributed by atoms with Gasteiger partial charge in [-0.1, -0.05) is 0 Å². The monoisotopic (exact) mass is 347 g/mol. The van der Waals surface area contributed by atoms with Crippen LogP contribution < -0.4 is 10.1 Å². The van der Waals surface area contributed by atoms with Crippen molar-refractivity contribution in [2.75, 3.05) is 33.3 Å². The van der Waals surface area contributed by atoms with Crippen molar-refractivity contribution >= 4 is 5.91 Å². The van der Waals surface area contributed by atoms with Gasteiger partial charge in [0.05, 0.1) is 11.8 Å². The maximum atomic E-state index is 13.3. The van der Waals surface area contributed by atoms with Crippen LogP contribution in [0.4, 0.5) is 0 Å². The molecule has 25 heavy (non-hydrogen) atoms. The second kappa shape index (κ2) is 8.15. The molecule has 0 bridgehead atoms. The van der Waals surface area contributed by atoms with Crippen LogP contribution in [0.2, 0.25) is 0 Å². The molecule has 0 radical (unpaired) electrons. The van der Waals surface area contributed by atoms with E-state index in [0.717, 1.165) is 38.2 Å². The molecule has 2 aliphatic heterocycles. The number of ether oxygens (including phenoxy) is 2. The van der Waals surface area contributed by atoms with E-state index < -0.39 is 5.60 Å². The Labute approximate surface area is 149 Å². The number of carbonyl (C=O) groups is 1. The molecule has 1 atom stereocenters. The van der Waals surface area contributed by atoms with Gasteiger partial charge >= 0.3 is 0 Å². The molecule has 2 saturated heterocycles. The van der Waals surface area contributed by atoms with E-state index >= 15 is 0 Å².